The molecule has 0 spiro atoms. The van der Waals surface area contributed by atoms with Crippen LogP contribution in [0, 0.1) is 0 Å². The molecule has 1 aromatic rings. The summed E-state index contributed by atoms with van der Waals surface area (Å²) >= 11 is 0. The van der Waals surface area contributed by atoms with Gasteiger partial charge in [0, 0.05) is 26.2 Å². The van der Waals surface area contributed by atoms with E-state index >= 15 is 0 Å². The van der Waals surface area contributed by atoms with Gasteiger partial charge < -0.3 is 15.0 Å². The van der Waals surface area contributed by atoms with Crippen molar-refractivity contribution in [3.05, 3.63) is 34.4 Å². The highest BCUT2D eigenvalue weighted by Crippen LogP contribution is 2.42. The smallest absolute Gasteiger partial charge is 0.255 e. The molecule has 26 heavy (non-hydrogen) atoms. The monoisotopic (exact) mass is 356 g/mol. The molecule has 1 amide bonds. The van der Waals surface area contributed by atoms with Gasteiger partial charge in [0.05, 0.1) is 0 Å². The second-order valence-corrected chi connectivity index (χ2v) is 9.28. The van der Waals surface area contributed by atoms with E-state index in [9.17, 15) is 4.79 Å². The van der Waals surface area contributed by atoms with E-state index in [0.29, 0.717) is 6.04 Å². The number of methoxy groups -OCH3 is 1. The van der Waals surface area contributed by atoms with Crippen LogP contribution in [-0.4, -0.2) is 36.6 Å². The molecule has 1 saturated heterocycles. The number of fused-ring (bicyclic) bond motifs is 1. The van der Waals surface area contributed by atoms with Crippen LogP contribution in [0.1, 0.15) is 74.8 Å². The van der Waals surface area contributed by atoms with Gasteiger partial charge in [-0.2, -0.15) is 0 Å². The number of amides is 1. The highest BCUT2D eigenvalue weighted by atomic mass is 16.5. The van der Waals surface area contributed by atoms with Crippen molar-refractivity contribution >= 4 is 5.91 Å². The Morgan fingerprint density at radius 3 is 2.65 bits per heavy atom. The van der Waals surface area contributed by atoms with Crippen molar-refractivity contribution in [3.63, 3.8) is 0 Å². The van der Waals surface area contributed by atoms with E-state index in [-0.39, 0.29) is 11.3 Å². The summed E-state index contributed by atoms with van der Waals surface area (Å²) in [7, 11) is 1.67. The van der Waals surface area contributed by atoms with E-state index in [1.807, 2.05) is 4.90 Å². The van der Waals surface area contributed by atoms with E-state index in [2.05, 4.69) is 38.2 Å². The van der Waals surface area contributed by atoms with Gasteiger partial charge in [-0.25, -0.2) is 0 Å². The third kappa shape index (κ3) is 3.07. The molecule has 0 bridgehead atoms. The Labute approximate surface area is 157 Å². The fraction of sp³-hybridized carbons (Fsp3) is 0.682. The maximum absolute atomic E-state index is 13.0. The van der Waals surface area contributed by atoms with Crippen molar-refractivity contribution in [2.24, 2.45) is 0 Å². The lowest BCUT2D eigenvalue weighted by molar-refractivity contribution is -0.145. The second kappa shape index (κ2) is 6.35. The molecule has 0 unspecified atom stereocenters. The number of hydrogen-bond donors (Lipinski definition) is 1. The highest BCUT2D eigenvalue weighted by Gasteiger charge is 2.52. The Bertz CT molecular complexity index is 710. The molecular weight excluding hydrogens is 324 g/mol. The Morgan fingerprint density at radius 1 is 1.31 bits per heavy atom. The SMILES string of the molecule is COC1(C(=O)N2CCc3cc(C(C)(C)C)cc([C@@H]4CCCN4)c3C2)CC1. The maximum atomic E-state index is 13.0. The van der Waals surface area contributed by atoms with Gasteiger partial charge in [-0.1, -0.05) is 32.9 Å². The maximum Gasteiger partial charge on any atom is 0.255 e. The molecule has 1 saturated carbocycles. The van der Waals surface area contributed by atoms with Gasteiger partial charge in [0.15, 0.2) is 0 Å². The van der Waals surface area contributed by atoms with Crippen LogP contribution >= 0.6 is 0 Å². The molecule has 2 fully saturated rings. The van der Waals surface area contributed by atoms with Crippen molar-refractivity contribution < 1.29 is 9.53 Å². The van der Waals surface area contributed by atoms with Crippen LogP contribution in [-0.2, 0) is 27.9 Å². The summed E-state index contributed by atoms with van der Waals surface area (Å²) in [6.07, 6.45) is 5.10. The van der Waals surface area contributed by atoms with Crippen LogP contribution in [0.5, 0.6) is 0 Å². The number of carbonyl (C=O) groups is 1. The number of carbonyl (C=O) groups excluding carboxylic acids is 1. The van der Waals surface area contributed by atoms with Gasteiger partial charge in [-0.05, 0) is 66.3 Å². The number of ether oxygens (including phenoxy) is 1. The molecule has 4 rings (SSSR count). The molecule has 3 aliphatic rings. The zero-order chi connectivity index (χ0) is 18.5. The predicted octanol–water partition coefficient (Wildman–Crippen LogP) is 3.47. The van der Waals surface area contributed by atoms with Crippen molar-refractivity contribution in [1.29, 1.82) is 0 Å². The largest absolute Gasteiger partial charge is 0.368 e. The first-order chi connectivity index (χ1) is 12.3. The number of nitrogens with one attached hydrogen (secondary N) is 1. The minimum Gasteiger partial charge on any atom is -0.368 e. The molecule has 2 heterocycles. The Kier molecular flexibility index (Phi) is 4.39. The molecule has 1 aliphatic carbocycles. The predicted molar refractivity (Wildman–Crippen MR) is 103 cm³/mol. The summed E-state index contributed by atoms with van der Waals surface area (Å²) in [6, 6.07) is 5.22. The molecule has 1 aromatic carbocycles. The van der Waals surface area contributed by atoms with Crippen LogP contribution in [0.2, 0.25) is 0 Å². The van der Waals surface area contributed by atoms with Crippen LogP contribution in [0.3, 0.4) is 0 Å². The van der Waals surface area contributed by atoms with Crippen molar-refractivity contribution in [2.75, 3.05) is 20.2 Å². The number of hydrogen-bond acceptors (Lipinski definition) is 3. The van der Waals surface area contributed by atoms with E-state index in [1.165, 1.54) is 35.1 Å². The fourth-order valence-corrected chi connectivity index (χ4v) is 4.47. The number of rotatable bonds is 3. The lowest BCUT2D eigenvalue weighted by Crippen LogP contribution is -2.44. The molecule has 0 radical (unpaired) electrons. The standard InChI is InChI=1S/C22H32N2O2/c1-21(2,3)16-12-15-7-11-24(20(25)22(26-4)8-9-22)14-18(15)17(13-16)19-6-5-10-23-19/h12-13,19,23H,5-11,14H2,1-4H3/t19-/m0/s1. The molecular formula is C22H32N2O2. The van der Waals surface area contributed by atoms with E-state index in [4.69, 9.17) is 4.74 Å². The first-order valence-corrected chi connectivity index (χ1v) is 10.1. The second-order valence-electron chi connectivity index (χ2n) is 9.28. The topological polar surface area (TPSA) is 41.6 Å². The summed E-state index contributed by atoms with van der Waals surface area (Å²) in [5.41, 5.74) is 5.27. The first-order valence-electron chi connectivity index (χ1n) is 10.1. The molecule has 1 atom stereocenters. The quantitative estimate of drug-likeness (QED) is 0.902. The summed E-state index contributed by atoms with van der Waals surface area (Å²) < 4.78 is 5.54. The van der Waals surface area contributed by atoms with Gasteiger partial charge in [-0.15, -0.1) is 0 Å². The van der Waals surface area contributed by atoms with Crippen molar-refractivity contribution in [1.82, 2.24) is 10.2 Å². The molecule has 4 heteroatoms. The zero-order valence-electron chi connectivity index (χ0n) is 16.7. The third-order valence-corrected chi connectivity index (χ3v) is 6.45. The third-order valence-electron chi connectivity index (χ3n) is 6.45. The zero-order valence-corrected chi connectivity index (χ0v) is 16.7. The average Bonchev–Trinajstić information content (AvgIpc) is 3.24. The van der Waals surface area contributed by atoms with Crippen LogP contribution in [0.15, 0.2) is 12.1 Å². The Morgan fingerprint density at radius 2 is 2.08 bits per heavy atom. The molecule has 2 aliphatic heterocycles. The normalized spacial score (nSPS) is 24.5. The summed E-state index contributed by atoms with van der Waals surface area (Å²) in [6.45, 7) is 9.49. The van der Waals surface area contributed by atoms with Gasteiger partial charge in [0.2, 0.25) is 0 Å². The van der Waals surface area contributed by atoms with Crippen LogP contribution in [0.25, 0.3) is 0 Å². The van der Waals surface area contributed by atoms with Crippen molar-refractivity contribution in [2.45, 2.75) is 76.5 Å². The molecule has 4 nitrogen and oxygen atoms in total. The fourth-order valence-electron chi connectivity index (χ4n) is 4.47. The van der Waals surface area contributed by atoms with E-state index in [1.54, 1.807) is 7.11 Å². The van der Waals surface area contributed by atoms with Crippen molar-refractivity contribution in [3.8, 4) is 0 Å². The van der Waals surface area contributed by atoms with Gasteiger partial charge in [0.25, 0.3) is 5.91 Å². The Hall–Kier alpha value is -1.39. The number of benzene rings is 1. The molecule has 0 aromatic heterocycles. The van der Waals surface area contributed by atoms with Gasteiger partial charge >= 0.3 is 0 Å². The lowest BCUT2D eigenvalue weighted by Gasteiger charge is -2.35. The first kappa shape index (κ1) is 18.0. The number of nitrogens with zero attached hydrogens (tertiary/aromatic N) is 1. The minimum atomic E-state index is -0.519. The summed E-state index contributed by atoms with van der Waals surface area (Å²) in [5, 5.41) is 3.67. The summed E-state index contributed by atoms with van der Waals surface area (Å²) in [4.78, 5) is 15.0. The average molecular weight is 357 g/mol. The van der Waals surface area contributed by atoms with E-state index < -0.39 is 5.60 Å². The summed E-state index contributed by atoms with van der Waals surface area (Å²) in [5.74, 6) is 0.191. The molecule has 142 valence electrons. The van der Waals surface area contributed by atoms with E-state index in [0.717, 1.165) is 38.9 Å². The van der Waals surface area contributed by atoms with Gasteiger partial charge in [0.1, 0.15) is 5.60 Å². The molecule has 1 N–H and O–H groups in total. The lowest BCUT2D eigenvalue weighted by atomic mass is 9.80. The Balaban J connectivity index is 1.69. The van der Waals surface area contributed by atoms with Gasteiger partial charge in [-0.3, -0.25) is 4.79 Å². The van der Waals surface area contributed by atoms with Crippen LogP contribution in [0.4, 0.5) is 0 Å². The highest BCUT2D eigenvalue weighted by molar-refractivity contribution is 5.88. The van der Waals surface area contributed by atoms with Crippen LogP contribution < -0.4 is 5.32 Å². The minimum absolute atomic E-state index is 0.142.